The van der Waals surface area contributed by atoms with E-state index in [9.17, 15) is 17.2 Å². The van der Waals surface area contributed by atoms with Crippen LogP contribution in [0.5, 0.6) is 5.88 Å². The minimum Gasteiger partial charge on any atom is -0.481 e. The lowest BCUT2D eigenvalue weighted by Gasteiger charge is -2.09. The van der Waals surface area contributed by atoms with Crippen LogP contribution in [0, 0.1) is 0 Å². The third-order valence-corrected chi connectivity index (χ3v) is 4.58. The number of aromatic nitrogens is 3. The van der Waals surface area contributed by atoms with Gasteiger partial charge >= 0.3 is 0 Å². The lowest BCUT2D eigenvalue weighted by molar-refractivity contribution is 0.145. The standard InChI is InChI=1S/C18H18F2N4O3S/c1-27-17-8-7-14(11-21-17)24-16(9-15(23-24)18(19)20)13-5-3-12(4-6-13)10-22-28(2,25)26/h3-9,11,18,22H,10H2,1-2H3. The molecular formula is C18H18F2N4O3S. The Morgan fingerprint density at radius 3 is 2.43 bits per heavy atom. The number of nitrogens with one attached hydrogen (secondary N) is 1. The highest BCUT2D eigenvalue weighted by atomic mass is 32.2. The predicted octanol–water partition coefficient (Wildman–Crippen LogP) is 2.93. The van der Waals surface area contributed by atoms with Crippen molar-refractivity contribution in [3.63, 3.8) is 0 Å². The lowest BCUT2D eigenvalue weighted by Crippen LogP contribution is -2.21. The van der Waals surface area contributed by atoms with Crippen LogP contribution in [-0.2, 0) is 16.6 Å². The summed E-state index contributed by atoms with van der Waals surface area (Å²) in [6.07, 6.45) is -0.159. The zero-order valence-electron chi connectivity index (χ0n) is 15.1. The van der Waals surface area contributed by atoms with Gasteiger partial charge in [0.2, 0.25) is 15.9 Å². The molecule has 148 valence electrons. The van der Waals surface area contributed by atoms with Crippen molar-refractivity contribution in [2.75, 3.05) is 13.4 Å². The molecule has 0 aliphatic heterocycles. The van der Waals surface area contributed by atoms with E-state index in [4.69, 9.17) is 4.74 Å². The minimum absolute atomic E-state index is 0.142. The van der Waals surface area contributed by atoms with Crippen LogP contribution < -0.4 is 9.46 Å². The smallest absolute Gasteiger partial charge is 0.282 e. The second-order valence-corrected chi connectivity index (χ2v) is 7.85. The average molecular weight is 408 g/mol. The van der Waals surface area contributed by atoms with Crippen molar-refractivity contribution in [1.82, 2.24) is 19.5 Å². The third-order valence-electron chi connectivity index (χ3n) is 3.91. The van der Waals surface area contributed by atoms with Crippen LogP contribution >= 0.6 is 0 Å². The van der Waals surface area contributed by atoms with Crippen LogP contribution in [0.3, 0.4) is 0 Å². The van der Waals surface area contributed by atoms with Gasteiger partial charge in [-0.2, -0.15) is 5.10 Å². The van der Waals surface area contributed by atoms with Gasteiger partial charge in [0.25, 0.3) is 6.43 Å². The van der Waals surface area contributed by atoms with Gasteiger partial charge < -0.3 is 4.74 Å². The molecule has 0 atom stereocenters. The molecule has 0 aliphatic rings. The molecule has 0 saturated heterocycles. The number of halogens is 2. The second kappa shape index (κ2) is 8.03. The van der Waals surface area contributed by atoms with Crippen LogP contribution in [0.25, 0.3) is 16.9 Å². The Morgan fingerprint density at radius 1 is 1.18 bits per heavy atom. The van der Waals surface area contributed by atoms with Crippen LogP contribution in [0.2, 0.25) is 0 Å². The molecule has 1 aromatic carbocycles. The topological polar surface area (TPSA) is 86.1 Å². The molecule has 1 N–H and O–H groups in total. The minimum atomic E-state index is -3.30. The van der Waals surface area contributed by atoms with Gasteiger partial charge in [-0.1, -0.05) is 24.3 Å². The number of ether oxygens (including phenoxy) is 1. The van der Waals surface area contributed by atoms with E-state index in [1.807, 2.05) is 0 Å². The van der Waals surface area contributed by atoms with Gasteiger partial charge in [-0.15, -0.1) is 0 Å². The SMILES string of the molecule is COc1ccc(-n2nc(C(F)F)cc2-c2ccc(CNS(C)(=O)=O)cc2)cn1. The van der Waals surface area contributed by atoms with Crippen molar-refractivity contribution in [3.8, 4) is 22.8 Å². The summed E-state index contributed by atoms with van der Waals surface area (Å²) in [5.74, 6) is 0.397. The highest BCUT2D eigenvalue weighted by molar-refractivity contribution is 7.88. The van der Waals surface area contributed by atoms with E-state index < -0.39 is 16.4 Å². The van der Waals surface area contributed by atoms with Gasteiger partial charge in [0.15, 0.2) is 0 Å². The Kier molecular flexibility index (Phi) is 5.71. The number of alkyl halides is 2. The van der Waals surface area contributed by atoms with E-state index in [1.54, 1.807) is 36.4 Å². The molecule has 3 rings (SSSR count). The fourth-order valence-electron chi connectivity index (χ4n) is 2.53. The normalized spacial score (nSPS) is 11.8. The van der Waals surface area contributed by atoms with Crippen molar-refractivity contribution in [2.24, 2.45) is 0 Å². The van der Waals surface area contributed by atoms with Crippen molar-refractivity contribution >= 4 is 10.0 Å². The summed E-state index contributed by atoms with van der Waals surface area (Å²) in [4.78, 5) is 4.09. The Hall–Kier alpha value is -2.85. The van der Waals surface area contributed by atoms with E-state index in [0.29, 0.717) is 22.8 Å². The van der Waals surface area contributed by atoms with E-state index in [-0.39, 0.29) is 12.2 Å². The van der Waals surface area contributed by atoms with E-state index >= 15 is 0 Å². The number of pyridine rings is 1. The van der Waals surface area contributed by atoms with Gasteiger partial charge in [0, 0.05) is 18.2 Å². The predicted molar refractivity (Wildman–Crippen MR) is 100.0 cm³/mol. The molecule has 2 heterocycles. The summed E-state index contributed by atoms with van der Waals surface area (Å²) in [6.45, 7) is 0.142. The zero-order valence-corrected chi connectivity index (χ0v) is 16.0. The quantitative estimate of drug-likeness (QED) is 0.650. The Balaban J connectivity index is 1.96. The Bertz CT molecular complexity index is 1050. The Morgan fingerprint density at radius 2 is 1.89 bits per heavy atom. The van der Waals surface area contributed by atoms with Gasteiger partial charge in [-0.3, -0.25) is 0 Å². The number of nitrogens with zero attached hydrogens (tertiary/aromatic N) is 3. The maximum atomic E-state index is 13.2. The molecule has 0 radical (unpaired) electrons. The first-order valence-corrected chi connectivity index (χ1v) is 10.1. The third kappa shape index (κ3) is 4.70. The molecule has 0 amide bonds. The van der Waals surface area contributed by atoms with Crippen LogP contribution in [0.15, 0.2) is 48.7 Å². The molecule has 0 fully saturated rings. The fourth-order valence-corrected chi connectivity index (χ4v) is 2.96. The summed E-state index contributed by atoms with van der Waals surface area (Å²) < 4.78 is 57.6. The van der Waals surface area contributed by atoms with Gasteiger partial charge in [0.1, 0.15) is 5.69 Å². The molecule has 0 spiro atoms. The molecule has 10 heteroatoms. The molecule has 3 aromatic rings. The number of hydrogen-bond acceptors (Lipinski definition) is 5. The summed E-state index contributed by atoms with van der Waals surface area (Å²) in [5.41, 5.74) is 2.00. The summed E-state index contributed by atoms with van der Waals surface area (Å²) >= 11 is 0. The number of rotatable bonds is 7. The number of hydrogen-bond donors (Lipinski definition) is 1. The van der Waals surface area contributed by atoms with E-state index in [2.05, 4.69) is 14.8 Å². The first-order chi connectivity index (χ1) is 13.3. The molecular weight excluding hydrogens is 390 g/mol. The first kappa shape index (κ1) is 19.9. The highest BCUT2D eigenvalue weighted by Gasteiger charge is 2.18. The van der Waals surface area contributed by atoms with Crippen LogP contribution in [0.4, 0.5) is 8.78 Å². The fraction of sp³-hybridized carbons (Fsp3) is 0.222. The monoisotopic (exact) mass is 408 g/mol. The van der Waals surface area contributed by atoms with Gasteiger partial charge in [0.05, 0.1) is 30.9 Å². The molecule has 28 heavy (non-hydrogen) atoms. The van der Waals surface area contributed by atoms with Crippen molar-refractivity contribution < 1.29 is 21.9 Å². The number of benzene rings is 1. The highest BCUT2D eigenvalue weighted by Crippen LogP contribution is 2.28. The van der Waals surface area contributed by atoms with Crippen molar-refractivity contribution in [2.45, 2.75) is 13.0 Å². The van der Waals surface area contributed by atoms with Crippen LogP contribution in [0.1, 0.15) is 17.7 Å². The number of methoxy groups -OCH3 is 1. The number of sulfonamides is 1. The summed E-state index contributed by atoms with van der Waals surface area (Å²) in [5, 5.41) is 4.00. The molecule has 0 aliphatic carbocycles. The zero-order chi connectivity index (χ0) is 20.3. The summed E-state index contributed by atoms with van der Waals surface area (Å²) in [6, 6.07) is 11.5. The molecule has 7 nitrogen and oxygen atoms in total. The van der Waals surface area contributed by atoms with E-state index in [1.165, 1.54) is 24.1 Å². The molecule has 0 bridgehead atoms. The van der Waals surface area contributed by atoms with Gasteiger partial charge in [-0.05, 0) is 17.7 Å². The van der Waals surface area contributed by atoms with Crippen molar-refractivity contribution in [1.29, 1.82) is 0 Å². The first-order valence-electron chi connectivity index (χ1n) is 8.19. The van der Waals surface area contributed by atoms with Crippen molar-refractivity contribution in [3.05, 3.63) is 59.9 Å². The van der Waals surface area contributed by atoms with Gasteiger partial charge in [-0.25, -0.2) is 31.6 Å². The van der Waals surface area contributed by atoms with E-state index in [0.717, 1.165) is 11.8 Å². The molecule has 0 unspecified atom stereocenters. The summed E-state index contributed by atoms with van der Waals surface area (Å²) in [7, 11) is -1.82. The second-order valence-electron chi connectivity index (χ2n) is 6.02. The Labute approximate surface area is 161 Å². The maximum Gasteiger partial charge on any atom is 0.282 e. The largest absolute Gasteiger partial charge is 0.481 e. The molecule has 2 aromatic heterocycles. The average Bonchev–Trinajstić information content (AvgIpc) is 3.12. The molecule has 0 saturated carbocycles. The maximum absolute atomic E-state index is 13.2. The van der Waals surface area contributed by atoms with Crippen LogP contribution in [-0.4, -0.2) is 36.5 Å². The lowest BCUT2D eigenvalue weighted by atomic mass is 10.1.